The van der Waals surface area contributed by atoms with Crippen molar-refractivity contribution < 1.29 is 28.6 Å². The van der Waals surface area contributed by atoms with Gasteiger partial charge in [-0.15, -0.1) is 0 Å². The number of carbonyl (C=O) groups is 3. The molecule has 40 heavy (non-hydrogen) atoms. The largest absolute Gasteiger partial charge is 0.495 e. The van der Waals surface area contributed by atoms with E-state index in [9.17, 15) is 23.6 Å². The molecule has 0 amide bonds. The normalized spacial score (nSPS) is 11.6. The summed E-state index contributed by atoms with van der Waals surface area (Å²) in [6, 6.07) is 16.6. The Morgan fingerprint density at radius 2 is 1.70 bits per heavy atom. The predicted molar refractivity (Wildman–Crippen MR) is 149 cm³/mol. The van der Waals surface area contributed by atoms with Gasteiger partial charge in [0.05, 0.1) is 24.9 Å². The average molecular weight is 562 g/mol. The third-order valence-corrected chi connectivity index (χ3v) is 6.81. The maximum absolute atomic E-state index is 14.6. The van der Waals surface area contributed by atoms with Gasteiger partial charge in [0.15, 0.2) is 11.6 Å². The predicted octanol–water partition coefficient (Wildman–Crippen LogP) is 5.81. The molecule has 0 aliphatic heterocycles. The van der Waals surface area contributed by atoms with Gasteiger partial charge in [-0.2, -0.15) is 0 Å². The maximum atomic E-state index is 14.6. The van der Waals surface area contributed by atoms with Crippen LogP contribution >= 0.6 is 11.6 Å². The summed E-state index contributed by atoms with van der Waals surface area (Å²) >= 11 is 6.19. The fourth-order valence-electron chi connectivity index (χ4n) is 4.52. The number of methoxy groups -OCH3 is 1. The molecule has 1 heterocycles. The van der Waals surface area contributed by atoms with Gasteiger partial charge in [0, 0.05) is 35.1 Å². The van der Waals surface area contributed by atoms with Gasteiger partial charge >= 0.3 is 5.97 Å². The molecule has 1 N–H and O–H groups in total. The minimum Gasteiger partial charge on any atom is -0.495 e. The summed E-state index contributed by atoms with van der Waals surface area (Å²) in [5.74, 6) is -2.04. The van der Waals surface area contributed by atoms with Crippen LogP contribution in [0.3, 0.4) is 0 Å². The third-order valence-electron chi connectivity index (χ3n) is 6.57. The number of benzene rings is 3. The number of hydrogen-bond donors (Lipinski definition) is 1. The highest BCUT2D eigenvalue weighted by atomic mass is 35.5. The zero-order chi connectivity index (χ0) is 29.0. The van der Waals surface area contributed by atoms with Crippen LogP contribution in [0.5, 0.6) is 5.75 Å². The monoisotopic (exact) mass is 561 g/mol. The SMILES string of the molecule is COc1cn(C(Cc2ccccc2F)C(=O)Cc2ccc(C(=O)O)cc2)c(=O)cc1-c1cc(Cl)ccc1C(C)=O. The van der Waals surface area contributed by atoms with Gasteiger partial charge in [0.1, 0.15) is 11.6 Å². The van der Waals surface area contributed by atoms with E-state index in [1.807, 2.05) is 0 Å². The van der Waals surface area contributed by atoms with Crippen LogP contribution in [0.15, 0.2) is 83.8 Å². The highest BCUT2D eigenvalue weighted by molar-refractivity contribution is 6.31. The number of rotatable bonds is 10. The highest BCUT2D eigenvalue weighted by Gasteiger charge is 2.26. The third kappa shape index (κ3) is 6.18. The lowest BCUT2D eigenvalue weighted by atomic mass is 9.95. The molecule has 1 unspecified atom stereocenters. The second-order valence-corrected chi connectivity index (χ2v) is 9.64. The molecule has 204 valence electrons. The van der Waals surface area contributed by atoms with Crippen molar-refractivity contribution in [2.75, 3.05) is 7.11 Å². The van der Waals surface area contributed by atoms with Gasteiger partial charge < -0.3 is 14.4 Å². The first kappa shape index (κ1) is 28.4. The minimum atomic E-state index is -1.11. The molecule has 0 fully saturated rings. The first-order valence-corrected chi connectivity index (χ1v) is 12.7. The van der Waals surface area contributed by atoms with Gasteiger partial charge in [0.2, 0.25) is 0 Å². The average Bonchev–Trinajstić information content (AvgIpc) is 2.92. The topological polar surface area (TPSA) is 103 Å². The van der Waals surface area contributed by atoms with E-state index < -0.39 is 29.2 Å². The van der Waals surface area contributed by atoms with Gasteiger partial charge in [-0.3, -0.25) is 14.4 Å². The fraction of sp³-hybridized carbons (Fsp3) is 0.161. The second-order valence-electron chi connectivity index (χ2n) is 9.20. The van der Waals surface area contributed by atoms with E-state index in [0.29, 0.717) is 27.3 Å². The van der Waals surface area contributed by atoms with E-state index in [0.717, 1.165) is 0 Å². The number of ether oxygens (including phenoxy) is 1. The van der Waals surface area contributed by atoms with Crippen molar-refractivity contribution in [3.8, 4) is 16.9 Å². The number of carboxylic acid groups (broad SMARTS) is 1. The molecule has 0 aliphatic rings. The quantitative estimate of drug-likeness (QED) is 0.245. The number of aromatic carboxylic acids is 1. The fourth-order valence-corrected chi connectivity index (χ4v) is 4.69. The Morgan fingerprint density at radius 3 is 2.33 bits per heavy atom. The standard InChI is InChI=1S/C31H25ClFNO6/c1-18(35)23-12-11-22(32)15-24(23)25-16-30(37)34(17-29(25)40-2)27(14-21-5-3-4-6-26(21)33)28(36)13-19-7-9-20(10-8-19)31(38)39/h3-12,15-17,27H,13-14H2,1-2H3,(H,38,39). The molecule has 0 bridgehead atoms. The molecule has 0 saturated heterocycles. The van der Waals surface area contributed by atoms with Crippen molar-refractivity contribution in [1.29, 1.82) is 0 Å². The Balaban J connectivity index is 1.81. The molecular formula is C31H25ClFNO6. The van der Waals surface area contributed by atoms with E-state index in [2.05, 4.69) is 0 Å². The van der Waals surface area contributed by atoms with Crippen LogP contribution in [-0.4, -0.2) is 34.3 Å². The Labute approximate surface area is 234 Å². The maximum Gasteiger partial charge on any atom is 0.335 e. The van der Waals surface area contributed by atoms with Crippen molar-refractivity contribution >= 4 is 29.1 Å². The first-order valence-electron chi connectivity index (χ1n) is 12.3. The van der Waals surface area contributed by atoms with Gasteiger partial charge in [-0.25, -0.2) is 9.18 Å². The lowest BCUT2D eigenvalue weighted by molar-refractivity contribution is -0.121. The van der Waals surface area contributed by atoms with Gasteiger partial charge in [-0.05, 0) is 60.0 Å². The Bertz CT molecular complexity index is 1660. The molecule has 0 spiro atoms. The van der Waals surface area contributed by atoms with Crippen LogP contribution in [0, 0.1) is 5.82 Å². The number of hydrogen-bond acceptors (Lipinski definition) is 5. The van der Waals surface area contributed by atoms with Crippen molar-refractivity contribution in [3.05, 3.63) is 122 Å². The van der Waals surface area contributed by atoms with Crippen LogP contribution in [-0.2, 0) is 17.6 Å². The molecule has 9 heteroatoms. The molecular weight excluding hydrogens is 537 g/mol. The van der Waals surface area contributed by atoms with Crippen molar-refractivity contribution in [3.63, 3.8) is 0 Å². The van der Waals surface area contributed by atoms with Gasteiger partial charge in [-0.1, -0.05) is 41.9 Å². The Kier molecular flexibility index (Phi) is 8.60. The lowest BCUT2D eigenvalue weighted by Gasteiger charge is -2.22. The summed E-state index contributed by atoms with van der Waals surface area (Å²) in [6.07, 6.45) is 1.13. The number of nitrogens with zero attached hydrogens (tertiary/aromatic N) is 1. The van der Waals surface area contributed by atoms with Crippen molar-refractivity contribution in [1.82, 2.24) is 4.57 Å². The molecule has 1 aromatic heterocycles. The van der Waals surface area contributed by atoms with E-state index in [1.54, 1.807) is 30.3 Å². The number of pyridine rings is 1. The number of carbonyl (C=O) groups excluding carboxylic acids is 2. The molecule has 0 aliphatic carbocycles. The van der Waals surface area contributed by atoms with Crippen LogP contribution in [0.4, 0.5) is 4.39 Å². The summed E-state index contributed by atoms with van der Waals surface area (Å²) in [4.78, 5) is 50.6. The summed E-state index contributed by atoms with van der Waals surface area (Å²) in [5.41, 5.74) is 1.33. The second kappa shape index (κ2) is 12.1. The summed E-state index contributed by atoms with van der Waals surface area (Å²) in [6.45, 7) is 1.40. The zero-order valence-corrected chi connectivity index (χ0v) is 22.4. The molecule has 3 aromatic carbocycles. The number of ketones is 2. The molecule has 4 rings (SSSR count). The summed E-state index contributed by atoms with van der Waals surface area (Å²) < 4.78 is 21.4. The van der Waals surface area contributed by atoms with Crippen LogP contribution in [0.25, 0.3) is 11.1 Å². The first-order chi connectivity index (χ1) is 19.1. The van der Waals surface area contributed by atoms with E-state index >= 15 is 0 Å². The van der Waals surface area contributed by atoms with Crippen molar-refractivity contribution in [2.24, 2.45) is 0 Å². The molecule has 7 nitrogen and oxygen atoms in total. The van der Waals surface area contributed by atoms with Crippen LogP contribution in [0.2, 0.25) is 5.02 Å². The molecule has 1 atom stereocenters. The van der Waals surface area contributed by atoms with Crippen molar-refractivity contribution in [2.45, 2.75) is 25.8 Å². The lowest BCUT2D eigenvalue weighted by Crippen LogP contribution is -2.32. The van der Waals surface area contributed by atoms with Crippen LogP contribution < -0.4 is 10.3 Å². The number of carboxylic acids is 1. The number of halogens is 2. The molecule has 0 radical (unpaired) electrons. The number of Topliss-reactive ketones (excluding diaryl/α,β-unsaturated/α-hetero) is 2. The highest BCUT2D eigenvalue weighted by Crippen LogP contribution is 2.34. The van der Waals surface area contributed by atoms with E-state index in [-0.39, 0.29) is 35.5 Å². The Morgan fingerprint density at radius 1 is 1.00 bits per heavy atom. The minimum absolute atomic E-state index is 0.0709. The summed E-state index contributed by atoms with van der Waals surface area (Å²) in [5, 5.41) is 9.51. The molecule has 0 saturated carbocycles. The molecule has 4 aromatic rings. The van der Waals surface area contributed by atoms with Gasteiger partial charge in [0.25, 0.3) is 5.56 Å². The van der Waals surface area contributed by atoms with E-state index in [1.165, 1.54) is 67.3 Å². The smallest absolute Gasteiger partial charge is 0.335 e. The van der Waals surface area contributed by atoms with E-state index in [4.69, 9.17) is 21.4 Å². The Hall–Kier alpha value is -4.56. The zero-order valence-electron chi connectivity index (χ0n) is 21.7. The number of aromatic nitrogens is 1. The summed E-state index contributed by atoms with van der Waals surface area (Å²) in [7, 11) is 1.39. The van der Waals surface area contributed by atoms with Crippen LogP contribution in [0.1, 0.15) is 44.8 Å².